The normalized spacial score (nSPS) is 30.2. The number of ether oxygens (including phenoxy) is 1. The van der Waals surface area contributed by atoms with Gasteiger partial charge in [0.25, 0.3) is 11.8 Å². The number of nitriles is 1. The average Bonchev–Trinajstić information content (AvgIpc) is 3.28. The first-order chi connectivity index (χ1) is 21.6. The van der Waals surface area contributed by atoms with Gasteiger partial charge in [-0.3, -0.25) is 29.4 Å². The monoisotopic (exact) mass is 623 g/mol. The van der Waals surface area contributed by atoms with Crippen molar-refractivity contribution in [2.75, 3.05) is 26.2 Å². The van der Waals surface area contributed by atoms with Crippen molar-refractivity contribution in [1.82, 2.24) is 20.0 Å². The lowest BCUT2D eigenvalue weighted by atomic mass is 9.68. The van der Waals surface area contributed by atoms with Gasteiger partial charge in [0.1, 0.15) is 29.4 Å². The summed E-state index contributed by atoms with van der Waals surface area (Å²) >= 11 is 0. The zero-order chi connectivity index (χ0) is 31.5. The minimum Gasteiger partial charge on any atom is -0.489 e. The molecule has 1 N–H and O–H groups in total. The summed E-state index contributed by atoms with van der Waals surface area (Å²) < 4.78 is 37.2. The van der Waals surface area contributed by atoms with Crippen LogP contribution in [0.15, 0.2) is 18.2 Å². The van der Waals surface area contributed by atoms with E-state index in [-0.39, 0.29) is 43.5 Å². The van der Waals surface area contributed by atoms with Crippen LogP contribution in [0, 0.1) is 28.6 Å². The van der Waals surface area contributed by atoms with Gasteiger partial charge in [0.15, 0.2) is 0 Å². The van der Waals surface area contributed by atoms with Gasteiger partial charge < -0.3 is 14.5 Å². The molecule has 0 aromatic heterocycles. The summed E-state index contributed by atoms with van der Waals surface area (Å²) in [5.74, 6) is -2.97. The Labute approximate surface area is 261 Å². The molecule has 4 aliphatic heterocycles. The van der Waals surface area contributed by atoms with Gasteiger partial charge in [0, 0.05) is 51.1 Å². The lowest BCUT2D eigenvalue weighted by molar-refractivity contribution is -0.173. The SMILES string of the molecule is N#CC1(C(=O)N2CCC(C3CN([C@@H]4[C@@H](Oc5ccc6c(c5)CN(C5CCC(=O)NC5=O)C6=O)CCCC4(F)F)C3)CC2)CCC1. The number of nitrogens with zero attached hydrogens (tertiary/aromatic N) is 4. The van der Waals surface area contributed by atoms with Crippen LogP contribution in [0.2, 0.25) is 0 Å². The highest BCUT2D eigenvalue weighted by atomic mass is 19.3. The van der Waals surface area contributed by atoms with Gasteiger partial charge in [0.05, 0.1) is 6.07 Å². The number of carbonyl (C=O) groups is 4. The third-order valence-electron chi connectivity index (χ3n) is 11.2. The van der Waals surface area contributed by atoms with Crippen LogP contribution in [0.5, 0.6) is 5.75 Å². The van der Waals surface area contributed by atoms with Gasteiger partial charge in [-0.15, -0.1) is 0 Å². The molecule has 7 rings (SSSR count). The van der Waals surface area contributed by atoms with Crippen LogP contribution < -0.4 is 10.1 Å². The molecule has 0 spiro atoms. The van der Waals surface area contributed by atoms with Crippen LogP contribution in [0.1, 0.15) is 80.1 Å². The van der Waals surface area contributed by atoms with Gasteiger partial charge in [0.2, 0.25) is 17.7 Å². The first-order valence-electron chi connectivity index (χ1n) is 16.4. The molecule has 2 aliphatic carbocycles. The second-order valence-electron chi connectivity index (χ2n) is 13.9. The van der Waals surface area contributed by atoms with Crippen LogP contribution in [0.25, 0.3) is 0 Å². The average molecular weight is 624 g/mol. The molecule has 4 heterocycles. The molecule has 3 atom stereocenters. The standard InChI is InChI=1S/C33H39F2N5O5/c34-33(35)12-1-3-26(45-23-4-5-24-21(15-23)18-40(30(24)43)25-6-7-27(41)37-29(25)42)28(33)39-16-22(17-39)20-8-13-38(14-9-20)31(44)32(19-36)10-2-11-32/h4-5,15,20,22,25-26,28H,1-3,6-14,16-18H2,(H,37,41,42)/t25?,26-,28+/m0/s1. The fourth-order valence-electron chi connectivity index (χ4n) is 8.40. The topological polar surface area (TPSA) is 123 Å². The number of fused-ring (bicyclic) bond motifs is 1. The number of alkyl halides is 2. The van der Waals surface area contributed by atoms with Gasteiger partial charge in [-0.2, -0.15) is 5.26 Å². The van der Waals surface area contributed by atoms with Crippen molar-refractivity contribution in [2.45, 2.75) is 94.9 Å². The summed E-state index contributed by atoms with van der Waals surface area (Å²) in [6.45, 7) is 2.58. The van der Waals surface area contributed by atoms with Gasteiger partial charge in [-0.05, 0) is 87.0 Å². The van der Waals surface area contributed by atoms with E-state index in [1.807, 2.05) is 9.80 Å². The Balaban J connectivity index is 0.971. The van der Waals surface area contributed by atoms with Crippen molar-refractivity contribution in [1.29, 1.82) is 5.26 Å². The molecular formula is C33H39F2N5O5. The minimum atomic E-state index is -2.90. The number of piperidine rings is 2. The molecule has 0 radical (unpaired) electrons. The number of rotatable bonds is 6. The van der Waals surface area contributed by atoms with E-state index in [2.05, 4.69) is 11.4 Å². The lowest BCUT2D eigenvalue weighted by Gasteiger charge is -2.53. The number of nitrogens with one attached hydrogen (secondary N) is 1. The number of halogens is 2. The molecule has 5 fully saturated rings. The molecule has 1 aromatic carbocycles. The first-order valence-corrected chi connectivity index (χ1v) is 16.4. The Hall–Kier alpha value is -3.59. The van der Waals surface area contributed by atoms with Crippen molar-refractivity contribution >= 4 is 23.6 Å². The van der Waals surface area contributed by atoms with Crippen LogP contribution >= 0.6 is 0 Å². The molecule has 45 heavy (non-hydrogen) atoms. The second kappa shape index (κ2) is 11.3. The maximum atomic E-state index is 15.5. The molecule has 240 valence electrons. The third kappa shape index (κ3) is 5.27. The lowest BCUT2D eigenvalue weighted by Crippen LogP contribution is -2.66. The molecule has 6 aliphatic rings. The number of hydrogen-bond donors (Lipinski definition) is 1. The van der Waals surface area contributed by atoms with Crippen LogP contribution in [0.3, 0.4) is 0 Å². The summed E-state index contributed by atoms with van der Waals surface area (Å²) in [5.41, 5.74) is 0.294. The molecule has 4 amide bonds. The second-order valence-corrected chi connectivity index (χ2v) is 13.9. The first kappa shape index (κ1) is 30.1. The van der Waals surface area contributed by atoms with E-state index >= 15 is 8.78 Å². The summed E-state index contributed by atoms with van der Waals surface area (Å²) in [6, 6.07) is 5.47. The van der Waals surface area contributed by atoms with E-state index < -0.39 is 35.4 Å². The fraction of sp³-hybridized carbons (Fsp3) is 0.667. The van der Waals surface area contributed by atoms with E-state index in [0.29, 0.717) is 80.6 Å². The number of amides is 4. The Morgan fingerprint density at radius 1 is 1.00 bits per heavy atom. The molecule has 2 saturated carbocycles. The molecule has 1 unspecified atom stereocenters. The van der Waals surface area contributed by atoms with Gasteiger partial charge >= 0.3 is 0 Å². The Bertz CT molecular complexity index is 1440. The van der Waals surface area contributed by atoms with E-state index in [1.165, 1.54) is 4.90 Å². The van der Waals surface area contributed by atoms with Crippen LogP contribution in [0.4, 0.5) is 8.78 Å². The summed E-state index contributed by atoms with van der Waals surface area (Å²) in [6.07, 6.45) is 4.26. The highest BCUT2D eigenvalue weighted by molar-refractivity contribution is 6.05. The number of hydrogen-bond acceptors (Lipinski definition) is 7. The molecule has 3 saturated heterocycles. The largest absolute Gasteiger partial charge is 0.489 e. The van der Waals surface area contributed by atoms with Crippen molar-refractivity contribution in [3.05, 3.63) is 29.3 Å². The third-order valence-corrected chi connectivity index (χ3v) is 11.2. The maximum absolute atomic E-state index is 15.5. The Morgan fingerprint density at radius 3 is 2.42 bits per heavy atom. The van der Waals surface area contributed by atoms with E-state index in [1.54, 1.807) is 18.2 Å². The minimum absolute atomic E-state index is 0.0358. The molecule has 12 heteroatoms. The van der Waals surface area contributed by atoms with Gasteiger partial charge in [-0.1, -0.05) is 0 Å². The summed E-state index contributed by atoms with van der Waals surface area (Å²) in [4.78, 5) is 55.1. The predicted octanol–water partition coefficient (Wildman–Crippen LogP) is 3.25. The van der Waals surface area contributed by atoms with Gasteiger partial charge in [-0.25, -0.2) is 8.78 Å². The van der Waals surface area contributed by atoms with Crippen molar-refractivity contribution in [3.63, 3.8) is 0 Å². The molecule has 0 bridgehead atoms. The van der Waals surface area contributed by atoms with Crippen LogP contribution in [-0.2, 0) is 20.9 Å². The molecular weight excluding hydrogens is 584 g/mol. The summed E-state index contributed by atoms with van der Waals surface area (Å²) in [5, 5.41) is 11.8. The van der Waals surface area contributed by atoms with Crippen molar-refractivity contribution < 1.29 is 32.7 Å². The Morgan fingerprint density at radius 2 is 1.76 bits per heavy atom. The number of imide groups is 1. The van der Waals surface area contributed by atoms with Crippen molar-refractivity contribution in [3.8, 4) is 11.8 Å². The predicted molar refractivity (Wildman–Crippen MR) is 156 cm³/mol. The molecule has 10 nitrogen and oxygen atoms in total. The van der Waals surface area contributed by atoms with E-state index in [4.69, 9.17) is 4.74 Å². The van der Waals surface area contributed by atoms with Crippen LogP contribution in [-0.4, -0.2) is 88.6 Å². The quantitative estimate of drug-likeness (QED) is 0.483. The van der Waals surface area contributed by atoms with E-state index in [9.17, 15) is 24.4 Å². The van der Waals surface area contributed by atoms with Crippen molar-refractivity contribution in [2.24, 2.45) is 17.3 Å². The zero-order valence-electron chi connectivity index (χ0n) is 25.3. The highest BCUT2D eigenvalue weighted by Gasteiger charge is 2.55. The summed E-state index contributed by atoms with van der Waals surface area (Å²) in [7, 11) is 0. The molecule has 1 aromatic rings. The Kier molecular flexibility index (Phi) is 7.58. The fourth-order valence-corrected chi connectivity index (χ4v) is 8.40. The number of likely N-dealkylation sites (tertiary alicyclic amines) is 2. The maximum Gasteiger partial charge on any atom is 0.266 e. The smallest absolute Gasteiger partial charge is 0.266 e. The highest BCUT2D eigenvalue weighted by Crippen LogP contribution is 2.45. The number of benzene rings is 1. The zero-order valence-corrected chi connectivity index (χ0v) is 25.3. The van der Waals surface area contributed by atoms with E-state index in [0.717, 1.165) is 19.3 Å². The number of carbonyl (C=O) groups excluding carboxylic acids is 4.